The van der Waals surface area contributed by atoms with Gasteiger partial charge in [0.15, 0.2) is 5.78 Å². The van der Waals surface area contributed by atoms with Gasteiger partial charge in [-0.3, -0.25) is 4.79 Å². The number of carbonyl (C=O) groups is 1. The summed E-state index contributed by atoms with van der Waals surface area (Å²) in [5, 5.41) is 4.88. The Morgan fingerprint density at radius 1 is 0.302 bits per heavy atom. The van der Waals surface area contributed by atoms with Crippen molar-refractivity contribution in [3.05, 3.63) is 211 Å². The van der Waals surface area contributed by atoms with Gasteiger partial charge in [0.25, 0.3) is 0 Å². The van der Waals surface area contributed by atoms with Crippen LogP contribution in [0, 0.1) is 0 Å². The van der Waals surface area contributed by atoms with E-state index < -0.39 is 0 Å². The average molecular weight is 676 g/mol. The first-order chi connectivity index (χ1) is 26.2. The predicted molar refractivity (Wildman–Crippen MR) is 221 cm³/mol. The van der Waals surface area contributed by atoms with Gasteiger partial charge in [-0.25, -0.2) is 0 Å². The van der Waals surface area contributed by atoms with Gasteiger partial charge < -0.3 is 4.90 Å². The summed E-state index contributed by atoms with van der Waals surface area (Å²) in [6, 6.07) is 70.5. The van der Waals surface area contributed by atoms with Gasteiger partial charge in [-0.2, -0.15) is 0 Å². The molecule has 0 aliphatic heterocycles. The minimum absolute atomic E-state index is 0.0935. The van der Waals surface area contributed by atoms with Gasteiger partial charge in [-0.05, 0) is 91.0 Å². The zero-order valence-electron chi connectivity index (χ0n) is 28.9. The molecule has 53 heavy (non-hydrogen) atoms. The second-order valence-corrected chi connectivity index (χ2v) is 13.6. The summed E-state index contributed by atoms with van der Waals surface area (Å²) >= 11 is 0. The molecule has 0 bridgehead atoms. The lowest BCUT2D eigenvalue weighted by molar-refractivity contribution is 0.104. The van der Waals surface area contributed by atoms with Crippen molar-refractivity contribution in [2.45, 2.75) is 0 Å². The van der Waals surface area contributed by atoms with E-state index in [2.05, 4.69) is 181 Å². The Hall–Kier alpha value is -7.03. The molecule has 9 aromatic carbocycles. The van der Waals surface area contributed by atoms with Crippen molar-refractivity contribution in [1.29, 1.82) is 0 Å². The highest BCUT2D eigenvalue weighted by molar-refractivity contribution is 6.24. The molecule has 2 heteroatoms. The van der Waals surface area contributed by atoms with E-state index in [1.54, 1.807) is 0 Å². The standard InChI is InChI=1S/C51H33NO/c53-51-48-17-6-5-16-46(48)47-20-9-19-45(50(47)51)39-28-32-41(33-29-39)52(49-21-8-13-37-11-2-4-15-44(37)49)40-30-26-35(27-31-40)34-22-24-38(25-23-34)43-18-7-12-36-10-1-3-14-42(36)43/h1-33H. The number of rotatable bonds is 6. The lowest BCUT2D eigenvalue weighted by atomic mass is 9.95. The number of fused-ring (bicyclic) bond motifs is 5. The number of carbonyl (C=O) groups excluding carboxylic acids is 1. The molecule has 0 amide bonds. The number of hydrogen-bond donors (Lipinski definition) is 0. The lowest BCUT2D eigenvalue weighted by Gasteiger charge is -2.27. The molecule has 0 saturated carbocycles. The molecule has 0 spiro atoms. The second-order valence-electron chi connectivity index (χ2n) is 13.6. The zero-order chi connectivity index (χ0) is 35.3. The number of benzene rings is 9. The topological polar surface area (TPSA) is 20.3 Å². The highest BCUT2D eigenvalue weighted by atomic mass is 16.1. The normalized spacial score (nSPS) is 11.8. The van der Waals surface area contributed by atoms with Gasteiger partial charge in [0.05, 0.1) is 5.69 Å². The van der Waals surface area contributed by atoms with Crippen molar-refractivity contribution < 1.29 is 4.79 Å². The van der Waals surface area contributed by atoms with Crippen LogP contribution in [0.15, 0.2) is 200 Å². The second kappa shape index (κ2) is 12.6. The highest BCUT2D eigenvalue weighted by Gasteiger charge is 2.29. The molecule has 0 unspecified atom stereocenters. The third-order valence-electron chi connectivity index (χ3n) is 10.6. The molecule has 0 radical (unpaired) electrons. The maximum absolute atomic E-state index is 13.6. The number of anilines is 3. The summed E-state index contributed by atoms with van der Waals surface area (Å²) in [5.41, 5.74) is 13.6. The van der Waals surface area contributed by atoms with Crippen LogP contribution in [0.5, 0.6) is 0 Å². The van der Waals surface area contributed by atoms with E-state index in [1.807, 2.05) is 24.3 Å². The van der Waals surface area contributed by atoms with Crippen LogP contribution in [0.4, 0.5) is 17.1 Å². The van der Waals surface area contributed by atoms with Crippen LogP contribution in [0.2, 0.25) is 0 Å². The van der Waals surface area contributed by atoms with E-state index in [4.69, 9.17) is 0 Å². The molecule has 248 valence electrons. The van der Waals surface area contributed by atoms with Crippen molar-refractivity contribution in [1.82, 2.24) is 0 Å². The lowest BCUT2D eigenvalue weighted by Crippen LogP contribution is -2.10. The Bertz CT molecular complexity index is 2820. The maximum atomic E-state index is 13.6. The number of hydrogen-bond acceptors (Lipinski definition) is 2. The smallest absolute Gasteiger partial charge is 0.194 e. The minimum Gasteiger partial charge on any atom is -0.310 e. The third-order valence-corrected chi connectivity index (χ3v) is 10.6. The molecular weight excluding hydrogens is 643 g/mol. The predicted octanol–water partition coefficient (Wildman–Crippen LogP) is 13.7. The molecule has 0 saturated heterocycles. The average Bonchev–Trinajstić information content (AvgIpc) is 3.53. The first-order valence-electron chi connectivity index (χ1n) is 18.1. The van der Waals surface area contributed by atoms with Crippen molar-refractivity contribution in [3.8, 4) is 44.5 Å². The summed E-state index contributed by atoms with van der Waals surface area (Å²) < 4.78 is 0. The third kappa shape index (κ3) is 5.23. The Labute approximate surface area is 308 Å². The van der Waals surface area contributed by atoms with Crippen molar-refractivity contribution in [2.75, 3.05) is 4.90 Å². The summed E-state index contributed by atoms with van der Waals surface area (Å²) in [6.45, 7) is 0. The van der Waals surface area contributed by atoms with E-state index >= 15 is 0 Å². The Balaban J connectivity index is 1.02. The van der Waals surface area contributed by atoms with E-state index in [1.165, 1.54) is 38.2 Å². The van der Waals surface area contributed by atoms with Crippen LogP contribution in [-0.4, -0.2) is 5.78 Å². The monoisotopic (exact) mass is 675 g/mol. The Morgan fingerprint density at radius 2 is 0.736 bits per heavy atom. The SMILES string of the molecule is O=C1c2ccccc2-c2cccc(-c3ccc(N(c4ccc(-c5ccc(-c6cccc7ccccc67)cc5)cc4)c4cccc5ccccc45)cc3)c21. The maximum Gasteiger partial charge on any atom is 0.194 e. The molecule has 0 atom stereocenters. The van der Waals surface area contributed by atoms with Gasteiger partial charge in [-0.1, -0.05) is 170 Å². The summed E-state index contributed by atoms with van der Waals surface area (Å²) in [5.74, 6) is 0.0935. The summed E-state index contributed by atoms with van der Waals surface area (Å²) in [4.78, 5) is 15.9. The fourth-order valence-corrected chi connectivity index (χ4v) is 8.06. The first kappa shape index (κ1) is 30.8. The van der Waals surface area contributed by atoms with Crippen LogP contribution in [0.1, 0.15) is 15.9 Å². The van der Waals surface area contributed by atoms with Crippen molar-refractivity contribution >= 4 is 44.4 Å². The molecule has 0 fully saturated rings. The molecule has 0 aromatic heterocycles. The van der Waals surface area contributed by atoms with Crippen molar-refractivity contribution in [3.63, 3.8) is 0 Å². The van der Waals surface area contributed by atoms with Gasteiger partial charge in [0.2, 0.25) is 0 Å². The molecule has 0 heterocycles. The van der Waals surface area contributed by atoms with E-state index in [0.29, 0.717) is 0 Å². The highest BCUT2D eigenvalue weighted by Crippen LogP contribution is 2.44. The van der Waals surface area contributed by atoms with Crippen LogP contribution >= 0.6 is 0 Å². The van der Waals surface area contributed by atoms with Crippen LogP contribution in [0.25, 0.3) is 66.1 Å². The Morgan fingerprint density at radius 3 is 1.45 bits per heavy atom. The van der Waals surface area contributed by atoms with E-state index in [9.17, 15) is 4.79 Å². The quantitative estimate of drug-likeness (QED) is 0.175. The van der Waals surface area contributed by atoms with Gasteiger partial charge in [0.1, 0.15) is 0 Å². The van der Waals surface area contributed by atoms with E-state index in [-0.39, 0.29) is 5.78 Å². The molecule has 10 rings (SSSR count). The molecule has 2 nitrogen and oxygen atoms in total. The summed E-state index contributed by atoms with van der Waals surface area (Å²) in [6.07, 6.45) is 0. The molecule has 0 N–H and O–H groups in total. The first-order valence-corrected chi connectivity index (χ1v) is 18.1. The molecular formula is C51H33NO. The van der Waals surface area contributed by atoms with E-state index in [0.717, 1.165) is 56.0 Å². The fourth-order valence-electron chi connectivity index (χ4n) is 8.06. The summed E-state index contributed by atoms with van der Waals surface area (Å²) in [7, 11) is 0. The van der Waals surface area contributed by atoms with Crippen molar-refractivity contribution in [2.24, 2.45) is 0 Å². The van der Waals surface area contributed by atoms with Gasteiger partial charge >= 0.3 is 0 Å². The van der Waals surface area contributed by atoms with Crippen LogP contribution in [0.3, 0.4) is 0 Å². The largest absolute Gasteiger partial charge is 0.310 e. The Kier molecular flexibility index (Phi) is 7.33. The van der Waals surface area contributed by atoms with Crippen LogP contribution in [-0.2, 0) is 0 Å². The van der Waals surface area contributed by atoms with Gasteiger partial charge in [0, 0.05) is 27.9 Å². The van der Waals surface area contributed by atoms with Gasteiger partial charge in [-0.15, -0.1) is 0 Å². The fraction of sp³-hybridized carbons (Fsp3) is 0. The molecule has 9 aromatic rings. The minimum atomic E-state index is 0.0935. The van der Waals surface area contributed by atoms with Crippen LogP contribution < -0.4 is 4.90 Å². The molecule has 1 aliphatic carbocycles. The molecule has 1 aliphatic rings. The number of ketones is 1. The zero-order valence-corrected chi connectivity index (χ0v) is 28.9. The number of nitrogens with zero attached hydrogens (tertiary/aromatic N) is 1.